The van der Waals surface area contributed by atoms with Crippen LogP contribution in [0.2, 0.25) is 0 Å². The van der Waals surface area contributed by atoms with Crippen molar-refractivity contribution in [2.45, 2.75) is 37.5 Å². The SMILES string of the molecule is CC(C)(CO)N1CCN(S(=O)(=O)C2CCOCC2)CC1. The van der Waals surface area contributed by atoms with Gasteiger partial charge in [0.05, 0.1) is 11.9 Å². The van der Waals surface area contributed by atoms with Gasteiger partial charge in [-0.3, -0.25) is 4.90 Å². The zero-order valence-corrected chi connectivity index (χ0v) is 13.2. The van der Waals surface area contributed by atoms with E-state index in [-0.39, 0.29) is 17.4 Å². The molecular formula is C13H26N2O4S. The Morgan fingerprint density at radius 1 is 1.15 bits per heavy atom. The number of aliphatic hydroxyl groups is 1. The van der Waals surface area contributed by atoms with Crippen molar-refractivity contribution in [3.63, 3.8) is 0 Å². The summed E-state index contributed by atoms with van der Waals surface area (Å²) in [5.41, 5.74) is -0.283. The molecule has 0 radical (unpaired) electrons. The maximum Gasteiger partial charge on any atom is 0.217 e. The monoisotopic (exact) mass is 306 g/mol. The Bertz CT molecular complexity index is 410. The fourth-order valence-corrected chi connectivity index (χ4v) is 4.71. The lowest BCUT2D eigenvalue weighted by Crippen LogP contribution is -2.58. The molecule has 1 N–H and O–H groups in total. The summed E-state index contributed by atoms with van der Waals surface area (Å²) in [7, 11) is -3.20. The Balaban J connectivity index is 1.96. The van der Waals surface area contributed by atoms with E-state index in [0.717, 1.165) is 0 Å². The van der Waals surface area contributed by atoms with Crippen LogP contribution in [-0.2, 0) is 14.8 Å². The number of aliphatic hydroxyl groups excluding tert-OH is 1. The third-order valence-corrected chi connectivity index (χ3v) is 6.83. The molecule has 2 rings (SSSR count). The first-order valence-electron chi connectivity index (χ1n) is 7.30. The summed E-state index contributed by atoms with van der Waals surface area (Å²) in [6.07, 6.45) is 1.20. The molecule has 2 saturated heterocycles. The van der Waals surface area contributed by atoms with Gasteiger partial charge in [-0.05, 0) is 26.7 Å². The highest BCUT2D eigenvalue weighted by molar-refractivity contribution is 7.89. The van der Waals surface area contributed by atoms with Crippen LogP contribution >= 0.6 is 0 Å². The first-order chi connectivity index (χ1) is 9.38. The topological polar surface area (TPSA) is 70.1 Å². The third-order valence-electron chi connectivity index (χ3n) is 4.43. The summed E-state index contributed by atoms with van der Waals surface area (Å²) >= 11 is 0. The van der Waals surface area contributed by atoms with Gasteiger partial charge in [0.2, 0.25) is 10.0 Å². The first-order valence-corrected chi connectivity index (χ1v) is 8.81. The van der Waals surface area contributed by atoms with E-state index in [1.54, 1.807) is 4.31 Å². The smallest absolute Gasteiger partial charge is 0.217 e. The van der Waals surface area contributed by atoms with Gasteiger partial charge in [-0.1, -0.05) is 0 Å². The Morgan fingerprint density at radius 2 is 1.70 bits per heavy atom. The van der Waals surface area contributed by atoms with Crippen LogP contribution in [0.5, 0.6) is 0 Å². The number of hydrogen-bond acceptors (Lipinski definition) is 5. The van der Waals surface area contributed by atoms with Crippen LogP contribution in [0, 0.1) is 0 Å². The van der Waals surface area contributed by atoms with E-state index >= 15 is 0 Å². The Kier molecular flexibility index (Phi) is 5.07. The van der Waals surface area contributed by atoms with Crippen LogP contribution in [0.25, 0.3) is 0 Å². The van der Waals surface area contributed by atoms with Crippen molar-refractivity contribution in [2.75, 3.05) is 46.0 Å². The second-order valence-corrected chi connectivity index (χ2v) is 8.43. The second kappa shape index (κ2) is 6.27. The standard InChI is InChI=1S/C13H26N2O4S/c1-13(2,11-16)14-5-7-15(8-6-14)20(17,18)12-3-9-19-10-4-12/h12,16H,3-11H2,1-2H3. The lowest BCUT2D eigenvalue weighted by molar-refractivity contribution is 0.0327. The number of nitrogens with zero attached hydrogens (tertiary/aromatic N) is 2. The van der Waals surface area contributed by atoms with Gasteiger partial charge >= 0.3 is 0 Å². The summed E-state index contributed by atoms with van der Waals surface area (Å²) in [4.78, 5) is 2.16. The minimum absolute atomic E-state index is 0.0830. The average Bonchev–Trinajstić information content (AvgIpc) is 2.48. The van der Waals surface area contributed by atoms with Crippen molar-refractivity contribution < 1.29 is 18.3 Å². The predicted molar refractivity (Wildman–Crippen MR) is 77.1 cm³/mol. The fraction of sp³-hybridized carbons (Fsp3) is 1.00. The minimum Gasteiger partial charge on any atom is -0.394 e. The summed E-state index contributed by atoms with van der Waals surface area (Å²) in [5, 5.41) is 9.10. The maximum absolute atomic E-state index is 12.6. The molecule has 0 amide bonds. The van der Waals surface area contributed by atoms with Gasteiger partial charge in [0.15, 0.2) is 0 Å². The van der Waals surface area contributed by atoms with E-state index in [1.807, 2.05) is 13.8 Å². The van der Waals surface area contributed by atoms with Crippen LogP contribution in [0.15, 0.2) is 0 Å². The molecule has 6 nitrogen and oxygen atoms in total. The normalized spacial score (nSPS) is 24.9. The highest BCUT2D eigenvalue weighted by atomic mass is 32.2. The van der Waals surface area contributed by atoms with Gasteiger partial charge in [-0.2, -0.15) is 4.31 Å². The Labute approximate surface area is 121 Å². The second-order valence-electron chi connectivity index (χ2n) is 6.21. The number of hydrogen-bond donors (Lipinski definition) is 1. The van der Waals surface area contributed by atoms with Gasteiger partial charge in [0.25, 0.3) is 0 Å². The molecule has 7 heteroatoms. The number of piperazine rings is 1. The van der Waals surface area contributed by atoms with Crippen molar-refractivity contribution in [3.05, 3.63) is 0 Å². The molecule has 2 aliphatic heterocycles. The molecule has 118 valence electrons. The molecule has 2 aliphatic rings. The van der Waals surface area contributed by atoms with E-state index in [1.165, 1.54) is 0 Å². The van der Waals surface area contributed by atoms with E-state index in [4.69, 9.17) is 4.74 Å². The van der Waals surface area contributed by atoms with Gasteiger partial charge in [-0.15, -0.1) is 0 Å². The average molecular weight is 306 g/mol. The summed E-state index contributed by atoms with van der Waals surface area (Å²) in [5.74, 6) is 0. The van der Waals surface area contributed by atoms with E-state index in [2.05, 4.69) is 4.90 Å². The van der Waals surface area contributed by atoms with Crippen LogP contribution in [0.4, 0.5) is 0 Å². The molecule has 0 aliphatic carbocycles. The molecule has 0 aromatic carbocycles. The number of rotatable bonds is 4. The lowest BCUT2D eigenvalue weighted by Gasteiger charge is -2.43. The highest BCUT2D eigenvalue weighted by Crippen LogP contribution is 2.23. The molecule has 0 aromatic rings. The Hall–Kier alpha value is -0.210. The number of sulfonamides is 1. The minimum atomic E-state index is -3.20. The quantitative estimate of drug-likeness (QED) is 0.784. The highest BCUT2D eigenvalue weighted by Gasteiger charge is 2.37. The summed E-state index contributed by atoms with van der Waals surface area (Å²) < 4.78 is 32.0. The maximum atomic E-state index is 12.6. The molecule has 0 unspecified atom stereocenters. The summed E-state index contributed by atoms with van der Waals surface area (Å²) in [6.45, 7) is 7.52. The first kappa shape index (κ1) is 16.2. The molecule has 0 atom stereocenters. The zero-order chi connectivity index (χ0) is 14.8. The van der Waals surface area contributed by atoms with Crippen LogP contribution < -0.4 is 0 Å². The van der Waals surface area contributed by atoms with E-state index < -0.39 is 10.0 Å². The van der Waals surface area contributed by atoms with Crippen molar-refractivity contribution >= 4 is 10.0 Å². The molecule has 2 heterocycles. The number of ether oxygens (including phenoxy) is 1. The van der Waals surface area contributed by atoms with E-state index in [9.17, 15) is 13.5 Å². The largest absolute Gasteiger partial charge is 0.394 e. The van der Waals surface area contributed by atoms with Crippen LogP contribution in [0.3, 0.4) is 0 Å². The van der Waals surface area contributed by atoms with Crippen molar-refractivity contribution in [2.24, 2.45) is 0 Å². The third kappa shape index (κ3) is 3.33. The lowest BCUT2D eigenvalue weighted by atomic mass is 10.0. The Morgan fingerprint density at radius 3 is 2.20 bits per heavy atom. The predicted octanol–water partition coefficient (Wildman–Crippen LogP) is -0.116. The molecule has 20 heavy (non-hydrogen) atoms. The van der Waals surface area contributed by atoms with Crippen LogP contribution in [-0.4, -0.2) is 79.5 Å². The van der Waals surface area contributed by atoms with Crippen molar-refractivity contribution in [1.29, 1.82) is 0 Å². The van der Waals surface area contributed by atoms with Crippen LogP contribution in [0.1, 0.15) is 26.7 Å². The van der Waals surface area contributed by atoms with Crippen molar-refractivity contribution in [3.8, 4) is 0 Å². The molecule has 0 saturated carbocycles. The molecule has 0 spiro atoms. The van der Waals surface area contributed by atoms with Gasteiger partial charge in [0, 0.05) is 44.9 Å². The zero-order valence-electron chi connectivity index (χ0n) is 12.4. The van der Waals surface area contributed by atoms with Gasteiger partial charge in [-0.25, -0.2) is 8.42 Å². The molecule has 2 fully saturated rings. The fourth-order valence-electron chi connectivity index (χ4n) is 2.83. The summed E-state index contributed by atoms with van der Waals surface area (Å²) in [6, 6.07) is 0. The molecule has 0 bridgehead atoms. The van der Waals surface area contributed by atoms with E-state index in [0.29, 0.717) is 52.2 Å². The molecular weight excluding hydrogens is 280 g/mol. The van der Waals surface area contributed by atoms with Gasteiger partial charge < -0.3 is 9.84 Å². The van der Waals surface area contributed by atoms with Gasteiger partial charge in [0.1, 0.15) is 0 Å². The van der Waals surface area contributed by atoms with Crippen molar-refractivity contribution in [1.82, 2.24) is 9.21 Å². The molecule has 0 aromatic heterocycles.